The predicted octanol–water partition coefficient (Wildman–Crippen LogP) is 4.14. The Hall–Kier alpha value is -3.63. The summed E-state index contributed by atoms with van der Waals surface area (Å²) in [6.07, 6.45) is 0.883. The molecular formula is C30H36Cl2N6O4. The number of fused-ring (bicyclic) bond motifs is 1. The van der Waals surface area contributed by atoms with Gasteiger partial charge in [0.15, 0.2) is 6.61 Å². The molecule has 0 radical (unpaired) electrons. The minimum absolute atomic E-state index is 0.0208. The number of amides is 3. The lowest BCUT2D eigenvalue weighted by atomic mass is 10.0. The Morgan fingerprint density at radius 3 is 2.55 bits per heavy atom. The third-order valence-corrected chi connectivity index (χ3v) is 7.53. The SMILES string of the molecule is Cc1nc2n(n1)CCN(C(=O)COc1ccc(Cl)cc1Cl)CCCC(=O)N[C@@H](Cc1ccccc1)C(=O)N[C@@H]2C(C)C. The highest BCUT2D eigenvalue weighted by Gasteiger charge is 2.30. The Morgan fingerprint density at radius 2 is 1.83 bits per heavy atom. The number of nitrogens with one attached hydrogen (secondary N) is 2. The van der Waals surface area contributed by atoms with Gasteiger partial charge in [0.25, 0.3) is 5.91 Å². The van der Waals surface area contributed by atoms with Gasteiger partial charge in [-0.05, 0) is 43.0 Å². The second-order valence-corrected chi connectivity index (χ2v) is 11.5. The summed E-state index contributed by atoms with van der Waals surface area (Å²) >= 11 is 12.2. The summed E-state index contributed by atoms with van der Waals surface area (Å²) in [6.45, 7) is 6.51. The van der Waals surface area contributed by atoms with Gasteiger partial charge in [-0.2, -0.15) is 5.10 Å². The largest absolute Gasteiger partial charge is 0.482 e. The van der Waals surface area contributed by atoms with Crippen molar-refractivity contribution in [2.75, 3.05) is 19.7 Å². The van der Waals surface area contributed by atoms with E-state index in [2.05, 4.69) is 20.7 Å². The van der Waals surface area contributed by atoms with E-state index < -0.39 is 12.1 Å². The summed E-state index contributed by atoms with van der Waals surface area (Å²) in [5, 5.41) is 11.4. The maximum absolute atomic E-state index is 13.6. The number of nitrogens with zero attached hydrogens (tertiary/aromatic N) is 4. The summed E-state index contributed by atoms with van der Waals surface area (Å²) in [5.41, 5.74) is 0.928. The van der Waals surface area contributed by atoms with Crippen molar-refractivity contribution in [1.29, 1.82) is 0 Å². The molecular weight excluding hydrogens is 579 g/mol. The summed E-state index contributed by atoms with van der Waals surface area (Å²) in [6, 6.07) is 13.1. The van der Waals surface area contributed by atoms with Gasteiger partial charge in [0, 0.05) is 31.0 Å². The first kappa shape index (κ1) is 31.3. The Bertz CT molecular complexity index is 1400. The Labute approximate surface area is 255 Å². The molecule has 0 spiro atoms. The van der Waals surface area contributed by atoms with Crippen molar-refractivity contribution in [1.82, 2.24) is 30.3 Å². The lowest BCUT2D eigenvalue weighted by Crippen LogP contribution is -2.50. The topological polar surface area (TPSA) is 118 Å². The van der Waals surface area contributed by atoms with Crippen molar-refractivity contribution in [3.8, 4) is 5.75 Å². The van der Waals surface area contributed by atoms with Crippen LogP contribution in [0.4, 0.5) is 0 Å². The van der Waals surface area contributed by atoms with Crippen LogP contribution in [0.3, 0.4) is 0 Å². The van der Waals surface area contributed by atoms with E-state index in [0.29, 0.717) is 59.9 Å². The number of aryl methyl sites for hydroxylation is 1. The molecule has 1 aliphatic rings. The molecule has 2 atom stereocenters. The molecule has 0 fully saturated rings. The first-order valence-corrected chi connectivity index (χ1v) is 14.8. The van der Waals surface area contributed by atoms with Crippen molar-refractivity contribution in [3.05, 3.63) is 75.8 Å². The van der Waals surface area contributed by atoms with Gasteiger partial charge in [-0.25, -0.2) is 9.67 Å². The second-order valence-electron chi connectivity index (χ2n) is 10.6. The van der Waals surface area contributed by atoms with Gasteiger partial charge in [0.05, 0.1) is 17.6 Å². The normalized spacial score (nSPS) is 18.6. The smallest absolute Gasteiger partial charge is 0.260 e. The van der Waals surface area contributed by atoms with Gasteiger partial charge < -0.3 is 20.3 Å². The maximum Gasteiger partial charge on any atom is 0.260 e. The maximum atomic E-state index is 13.6. The molecule has 2 N–H and O–H groups in total. The van der Waals surface area contributed by atoms with E-state index >= 15 is 0 Å². The molecule has 3 amide bonds. The molecule has 4 rings (SSSR count). The molecule has 2 heterocycles. The highest BCUT2D eigenvalue weighted by Crippen LogP contribution is 2.27. The molecule has 3 aromatic rings. The molecule has 0 bridgehead atoms. The van der Waals surface area contributed by atoms with Crippen LogP contribution < -0.4 is 15.4 Å². The van der Waals surface area contributed by atoms with Gasteiger partial charge in [-0.15, -0.1) is 0 Å². The fourth-order valence-corrected chi connectivity index (χ4v) is 5.27. The van der Waals surface area contributed by atoms with Crippen LogP contribution in [0.2, 0.25) is 10.0 Å². The summed E-state index contributed by atoms with van der Waals surface area (Å²) in [7, 11) is 0. The van der Waals surface area contributed by atoms with E-state index in [-0.39, 0.29) is 36.7 Å². The van der Waals surface area contributed by atoms with E-state index in [1.807, 2.05) is 44.2 Å². The number of carbonyl (C=O) groups is 3. The third-order valence-electron chi connectivity index (χ3n) is 6.99. The van der Waals surface area contributed by atoms with Crippen molar-refractivity contribution in [2.24, 2.45) is 5.92 Å². The average Bonchev–Trinajstić information content (AvgIpc) is 3.32. The van der Waals surface area contributed by atoms with Gasteiger partial charge >= 0.3 is 0 Å². The van der Waals surface area contributed by atoms with Crippen molar-refractivity contribution < 1.29 is 19.1 Å². The minimum atomic E-state index is -0.781. The molecule has 1 aromatic heterocycles. The number of ether oxygens (including phenoxy) is 1. The lowest BCUT2D eigenvalue weighted by molar-refractivity contribution is -0.134. The highest BCUT2D eigenvalue weighted by molar-refractivity contribution is 6.35. The number of benzene rings is 2. The zero-order valence-corrected chi connectivity index (χ0v) is 25.5. The van der Waals surface area contributed by atoms with Gasteiger partial charge in [0.1, 0.15) is 23.4 Å². The van der Waals surface area contributed by atoms with E-state index in [9.17, 15) is 14.4 Å². The lowest BCUT2D eigenvalue weighted by Gasteiger charge is -2.28. The fourth-order valence-electron chi connectivity index (χ4n) is 4.81. The highest BCUT2D eigenvalue weighted by atomic mass is 35.5. The molecule has 0 unspecified atom stereocenters. The van der Waals surface area contributed by atoms with E-state index in [4.69, 9.17) is 27.9 Å². The monoisotopic (exact) mass is 614 g/mol. The molecule has 42 heavy (non-hydrogen) atoms. The van der Waals surface area contributed by atoms with Crippen molar-refractivity contribution >= 4 is 40.9 Å². The molecule has 0 aliphatic carbocycles. The Kier molecular flexibility index (Phi) is 10.8. The number of hydrogen-bond donors (Lipinski definition) is 2. The molecule has 0 saturated carbocycles. The molecule has 1 aliphatic heterocycles. The minimum Gasteiger partial charge on any atom is -0.482 e. The van der Waals surface area contributed by atoms with Crippen LogP contribution in [0.25, 0.3) is 0 Å². The van der Waals surface area contributed by atoms with Gasteiger partial charge in [0.2, 0.25) is 11.8 Å². The van der Waals surface area contributed by atoms with Crippen LogP contribution in [0.5, 0.6) is 5.75 Å². The standard InChI is InChI=1S/C30H36Cl2N6O4/c1-19(2)28-29-33-20(3)36-38(29)15-14-37(27(40)18-42-25-12-11-22(31)17-23(25)32)13-7-10-26(39)34-24(30(41)35-28)16-21-8-5-4-6-9-21/h4-6,8-9,11-12,17,19,24,28H,7,10,13-16,18H2,1-3H3,(H,34,39)(H,35,41)/t24-,28+/m0/s1. The van der Waals surface area contributed by atoms with Crippen molar-refractivity contribution in [2.45, 2.75) is 58.7 Å². The second kappa shape index (κ2) is 14.5. The number of halogens is 2. The molecule has 224 valence electrons. The molecule has 2 aromatic carbocycles. The van der Waals surface area contributed by atoms with Crippen LogP contribution in [0.1, 0.15) is 49.9 Å². The van der Waals surface area contributed by atoms with Gasteiger partial charge in [-0.1, -0.05) is 67.4 Å². The zero-order chi connectivity index (χ0) is 30.2. The predicted molar refractivity (Wildman–Crippen MR) is 160 cm³/mol. The van der Waals surface area contributed by atoms with Crippen molar-refractivity contribution in [3.63, 3.8) is 0 Å². The van der Waals surface area contributed by atoms with Crippen LogP contribution in [0.15, 0.2) is 48.5 Å². The summed E-state index contributed by atoms with van der Waals surface area (Å²) < 4.78 is 7.44. The Morgan fingerprint density at radius 1 is 1.07 bits per heavy atom. The third kappa shape index (κ3) is 8.45. The fraction of sp³-hybridized carbons (Fsp3) is 0.433. The first-order valence-electron chi connectivity index (χ1n) is 14.0. The molecule has 0 saturated heterocycles. The van der Waals surface area contributed by atoms with E-state index in [1.165, 1.54) is 0 Å². The molecule has 10 nitrogen and oxygen atoms in total. The van der Waals surface area contributed by atoms with Crippen LogP contribution in [-0.2, 0) is 27.3 Å². The number of hydrogen-bond acceptors (Lipinski definition) is 6. The van der Waals surface area contributed by atoms with Crippen LogP contribution >= 0.6 is 23.2 Å². The van der Waals surface area contributed by atoms with Crippen LogP contribution in [-0.4, -0.2) is 63.1 Å². The first-order chi connectivity index (χ1) is 20.1. The summed E-state index contributed by atoms with van der Waals surface area (Å²) in [4.78, 5) is 46.1. The Balaban J connectivity index is 1.57. The number of carbonyl (C=O) groups excluding carboxylic acids is 3. The quantitative estimate of drug-likeness (QED) is 0.431. The van der Waals surface area contributed by atoms with E-state index in [0.717, 1.165) is 5.56 Å². The number of aromatic nitrogens is 3. The van der Waals surface area contributed by atoms with Crippen LogP contribution in [0, 0.1) is 12.8 Å². The molecule has 12 heteroatoms. The summed E-state index contributed by atoms with van der Waals surface area (Å²) in [5.74, 6) is 0.668. The zero-order valence-electron chi connectivity index (χ0n) is 24.0. The van der Waals surface area contributed by atoms with E-state index in [1.54, 1.807) is 34.7 Å². The number of rotatable bonds is 6. The average molecular weight is 616 g/mol. The van der Waals surface area contributed by atoms with Gasteiger partial charge in [-0.3, -0.25) is 14.4 Å².